The fourth-order valence-corrected chi connectivity index (χ4v) is 2.34. The van der Waals surface area contributed by atoms with Gasteiger partial charge in [-0.3, -0.25) is 0 Å². The number of benzene rings is 1. The molecule has 1 N–H and O–H groups in total. The van der Waals surface area contributed by atoms with E-state index in [0.717, 1.165) is 31.7 Å². The first-order valence-corrected chi connectivity index (χ1v) is 6.59. The normalized spacial score (nSPS) is 15.1. The van der Waals surface area contributed by atoms with Crippen LogP contribution in [0, 0.1) is 5.82 Å². The lowest BCUT2D eigenvalue weighted by molar-refractivity contribution is 0.197. The van der Waals surface area contributed by atoms with Crippen molar-refractivity contribution in [2.45, 2.75) is 19.3 Å². The molecule has 1 heterocycles. The molecule has 2 rings (SSSR count). The predicted octanol–water partition coefficient (Wildman–Crippen LogP) is 2.87. The van der Waals surface area contributed by atoms with Gasteiger partial charge in [0.15, 0.2) is 0 Å². The average Bonchev–Trinajstić information content (AvgIpc) is 2.89. The topological polar surface area (TPSA) is 24.5 Å². The van der Waals surface area contributed by atoms with Gasteiger partial charge >= 0.3 is 0 Å². The standard InChI is InChI=1S/C14H21FN2O/c1-18-11-5-8-16-14-12(15)6-4-7-13(14)17-9-2-3-10-17/h4,6-7,16H,2-3,5,8-11H2,1H3. The molecule has 0 saturated carbocycles. The van der Waals surface area contributed by atoms with Crippen molar-refractivity contribution in [1.29, 1.82) is 0 Å². The number of hydrogen-bond acceptors (Lipinski definition) is 3. The SMILES string of the molecule is COCCCNc1c(F)cccc1N1CCCC1. The summed E-state index contributed by atoms with van der Waals surface area (Å²) in [6.45, 7) is 3.47. The molecule has 0 bridgehead atoms. The van der Waals surface area contributed by atoms with Crippen molar-refractivity contribution in [3.8, 4) is 0 Å². The first-order valence-electron chi connectivity index (χ1n) is 6.59. The largest absolute Gasteiger partial charge is 0.385 e. The summed E-state index contributed by atoms with van der Waals surface area (Å²) in [5.41, 5.74) is 1.63. The number of ether oxygens (including phenoxy) is 1. The number of hydrogen-bond donors (Lipinski definition) is 1. The summed E-state index contributed by atoms with van der Waals surface area (Å²) in [5, 5.41) is 3.20. The highest BCUT2D eigenvalue weighted by molar-refractivity contribution is 5.71. The van der Waals surface area contributed by atoms with E-state index in [1.54, 1.807) is 13.2 Å². The van der Waals surface area contributed by atoms with Crippen molar-refractivity contribution in [2.75, 3.05) is 43.6 Å². The molecule has 0 aromatic heterocycles. The molecule has 4 heteroatoms. The molecule has 1 aliphatic heterocycles. The molecule has 18 heavy (non-hydrogen) atoms. The van der Waals surface area contributed by atoms with Crippen LogP contribution < -0.4 is 10.2 Å². The Bertz CT molecular complexity index is 378. The van der Waals surface area contributed by atoms with E-state index in [1.807, 2.05) is 6.07 Å². The molecular formula is C14H21FN2O. The average molecular weight is 252 g/mol. The lowest BCUT2D eigenvalue weighted by Crippen LogP contribution is -2.20. The predicted molar refractivity (Wildman–Crippen MR) is 72.8 cm³/mol. The van der Waals surface area contributed by atoms with E-state index in [2.05, 4.69) is 10.2 Å². The van der Waals surface area contributed by atoms with E-state index in [0.29, 0.717) is 12.3 Å². The Morgan fingerprint density at radius 3 is 2.83 bits per heavy atom. The summed E-state index contributed by atoms with van der Waals surface area (Å²) in [4.78, 5) is 2.25. The van der Waals surface area contributed by atoms with Crippen molar-refractivity contribution in [1.82, 2.24) is 0 Å². The summed E-state index contributed by atoms with van der Waals surface area (Å²) in [5.74, 6) is -0.170. The van der Waals surface area contributed by atoms with Crippen LogP contribution in [0.2, 0.25) is 0 Å². The van der Waals surface area contributed by atoms with Gasteiger partial charge in [0.25, 0.3) is 0 Å². The van der Waals surface area contributed by atoms with E-state index in [4.69, 9.17) is 4.74 Å². The molecular weight excluding hydrogens is 231 g/mol. The lowest BCUT2D eigenvalue weighted by Gasteiger charge is -2.22. The fourth-order valence-electron chi connectivity index (χ4n) is 2.34. The van der Waals surface area contributed by atoms with Gasteiger partial charge < -0.3 is 15.0 Å². The van der Waals surface area contributed by atoms with E-state index >= 15 is 0 Å². The number of methoxy groups -OCH3 is 1. The summed E-state index contributed by atoms with van der Waals surface area (Å²) < 4.78 is 18.9. The van der Waals surface area contributed by atoms with Crippen LogP contribution >= 0.6 is 0 Å². The van der Waals surface area contributed by atoms with Gasteiger partial charge in [-0.1, -0.05) is 6.07 Å². The van der Waals surface area contributed by atoms with Crippen LogP contribution in [0.5, 0.6) is 0 Å². The third kappa shape index (κ3) is 3.13. The molecule has 0 unspecified atom stereocenters. The van der Waals surface area contributed by atoms with Crippen LogP contribution in [0.25, 0.3) is 0 Å². The van der Waals surface area contributed by atoms with Gasteiger partial charge in [0.2, 0.25) is 0 Å². The van der Waals surface area contributed by atoms with Crippen LogP contribution in [-0.2, 0) is 4.74 Å². The Kier molecular flexibility index (Phi) is 4.81. The van der Waals surface area contributed by atoms with Crippen molar-refractivity contribution < 1.29 is 9.13 Å². The molecule has 100 valence electrons. The third-order valence-corrected chi connectivity index (χ3v) is 3.27. The minimum atomic E-state index is -0.170. The second-order valence-corrected chi connectivity index (χ2v) is 4.60. The van der Waals surface area contributed by atoms with E-state index < -0.39 is 0 Å². The maximum Gasteiger partial charge on any atom is 0.148 e. The summed E-state index contributed by atoms with van der Waals surface area (Å²) in [6.07, 6.45) is 3.27. The highest BCUT2D eigenvalue weighted by Gasteiger charge is 2.17. The molecule has 0 aliphatic carbocycles. The van der Waals surface area contributed by atoms with Gasteiger partial charge in [0, 0.05) is 33.4 Å². The quantitative estimate of drug-likeness (QED) is 0.788. The van der Waals surface area contributed by atoms with Gasteiger partial charge in [-0.2, -0.15) is 0 Å². The zero-order valence-electron chi connectivity index (χ0n) is 10.9. The zero-order chi connectivity index (χ0) is 12.8. The molecule has 1 aliphatic rings. The van der Waals surface area contributed by atoms with E-state index in [1.165, 1.54) is 18.9 Å². The summed E-state index contributed by atoms with van der Waals surface area (Å²) >= 11 is 0. The Morgan fingerprint density at radius 1 is 1.33 bits per heavy atom. The van der Waals surface area contributed by atoms with Gasteiger partial charge in [-0.15, -0.1) is 0 Å². The Hall–Kier alpha value is -1.29. The number of nitrogens with one attached hydrogen (secondary N) is 1. The van der Waals surface area contributed by atoms with Crippen molar-refractivity contribution in [2.24, 2.45) is 0 Å². The maximum atomic E-state index is 13.9. The van der Waals surface area contributed by atoms with E-state index in [-0.39, 0.29) is 5.82 Å². The summed E-state index contributed by atoms with van der Waals surface area (Å²) in [7, 11) is 1.68. The van der Waals surface area contributed by atoms with Gasteiger partial charge in [0.05, 0.1) is 11.4 Å². The van der Waals surface area contributed by atoms with Crippen LogP contribution in [-0.4, -0.2) is 33.4 Å². The lowest BCUT2D eigenvalue weighted by atomic mass is 10.2. The van der Waals surface area contributed by atoms with Crippen LogP contribution in [0.1, 0.15) is 19.3 Å². The van der Waals surface area contributed by atoms with Gasteiger partial charge in [0.1, 0.15) is 5.82 Å². The van der Waals surface area contributed by atoms with Crippen molar-refractivity contribution in [3.05, 3.63) is 24.0 Å². The number of para-hydroxylation sites is 1. The highest BCUT2D eigenvalue weighted by Crippen LogP contribution is 2.31. The molecule has 1 fully saturated rings. The summed E-state index contributed by atoms with van der Waals surface area (Å²) in [6, 6.07) is 5.29. The minimum Gasteiger partial charge on any atom is -0.385 e. The van der Waals surface area contributed by atoms with Gasteiger partial charge in [-0.05, 0) is 31.4 Å². The Morgan fingerprint density at radius 2 is 2.11 bits per heavy atom. The minimum absolute atomic E-state index is 0.170. The molecule has 0 amide bonds. The number of anilines is 2. The first-order chi connectivity index (χ1) is 8.83. The molecule has 3 nitrogen and oxygen atoms in total. The van der Waals surface area contributed by atoms with Crippen LogP contribution in [0.3, 0.4) is 0 Å². The third-order valence-electron chi connectivity index (χ3n) is 3.27. The smallest absolute Gasteiger partial charge is 0.148 e. The second-order valence-electron chi connectivity index (χ2n) is 4.60. The van der Waals surface area contributed by atoms with Crippen molar-refractivity contribution >= 4 is 11.4 Å². The highest BCUT2D eigenvalue weighted by atomic mass is 19.1. The van der Waals surface area contributed by atoms with Crippen LogP contribution in [0.15, 0.2) is 18.2 Å². The maximum absolute atomic E-state index is 13.9. The Balaban J connectivity index is 2.06. The number of halogens is 1. The second kappa shape index (κ2) is 6.59. The van der Waals surface area contributed by atoms with E-state index in [9.17, 15) is 4.39 Å². The molecule has 0 spiro atoms. The molecule has 1 aromatic rings. The monoisotopic (exact) mass is 252 g/mol. The molecule has 1 saturated heterocycles. The fraction of sp³-hybridized carbons (Fsp3) is 0.571. The van der Waals surface area contributed by atoms with Crippen LogP contribution in [0.4, 0.5) is 15.8 Å². The number of nitrogens with zero attached hydrogens (tertiary/aromatic N) is 1. The van der Waals surface area contributed by atoms with Crippen molar-refractivity contribution in [3.63, 3.8) is 0 Å². The first kappa shape index (κ1) is 13.1. The van der Waals surface area contributed by atoms with Gasteiger partial charge in [-0.25, -0.2) is 4.39 Å². The zero-order valence-corrected chi connectivity index (χ0v) is 10.9. The Labute approximate surface area is 108 Å². The molecule has 0 radical (unpaired) electrons. The number of rotatable bonds is 6. The molecule has 0 atom stereocenters. The molecule has 1 aromatic carbocycles.